The Morgan fingerprint density at radius 1 is 0.417 bits per heavy atom. The minimum absolute atomic E-state index is 0.647. The van der Waals surface area contributed by atoms with Crippen LogP contribution in [0.3, 0.4) is 0 Å². The Morgan fingerprint density at radius 2 is 1.00 bits per heavy atom. The van der Waals surface area contributed by atoms with Crippen molar-refractivity contribution in [2.45, 2.75) is 0 Å². The van der Waals surface area contributed by atoms with Crippen LogP contribution in [0.25, 0.3) is 74.0 Å². The van der Waals surface area contributed by atoms with Crippen molar-refractivity contribution in [1.29, 1.82) is 0 Å². The summed E-state index contributed by atoms with van der Waals surface area (Å²) in [7, 11) is 0. The topological polar surface area (TPSA) is 29.3 Å². The van der Waals surface area contributed by atoms with Crippen molar-refractivity contribution >= 4 is 91.2 Å². The molecule has 0 amide bonds. The van der Waals surface area contributed by atoms with Gasteiger partial charge in [-0.3, -0.25) is 0 Å². The molecule has 0 spiro atoms. The van der Waals surface area contributed by atoms with Gasteiger partial charge in [0.05, 0.1) is 0 Å². The van der Waals surface area contributed by atoms with E-state index in [4.69, 9.17) is 9.40 Å². The third-order valence-electron chi connectivity index (χ3n) is 9.07. The lowest BCUT2D eigenvalue weighted by Gasteiger charge is -2.26. The molecule has 0 aliphatic rings. The smallest absolute Gasteiger partial charge is 0.227 e. The van der Waals surface area contributed by atoms with Gasteiger partial charge in [-0.1, -0.05) is 78.9 Å². The number of hydrogen-bond acceptors (Lipinski definition) is 5. The molecule has 3 nitrogen and oxygen atoms in total. The molecule has 7 aromatic carbocycles. The lowest BCUT2D eigenvalue weighted by Crippen LogP contribution is -2.09. The van der Waals surface area contributed by atoms with Crippen molar-refractivity contribution in [3.05, 3.63) is 158 Å². The maximum absolute atomic E-state index is 6.23. The molecule has 48 heavy (non-hydrogen) atoms. The molecule has 0 bridgehead atoms. The summed E-state index contributed by atoms with van der Waals surface area (Å²) in [6.07, 6.45) is 0. The molecule has 0 aliphatic carbocycles. The molecular formula is C43H26N2OS2. The zero-order valence-electron chi connectivity index (χ0n) is 25.6. The van der Waals surface area contributed by atoms with Gasteiger partial charge in [0.2, 0.25) is 5.89 Å². The molecule has 10 rings (SSSR count). The number of aromatic nitrogens is 1. The number of nitrogens with zero attached hydrogens (tertiary/aromatic N) is 2. The second kappa shape index (κ2) is 10.9. The highest BCUT2D eigenvalue weighted by Gasteiger charge is 2.18. The van der Waals surface area contributed by atoms with Crippen LogP contribution < -0.4 is 4.90 Å². The van der Waals surface area contributed by atoms with Gasteiger partial charge < -0.3 is 9.32 Å². The highest BCUT2D eigenvalue weighted by atomic mass is 32.1. The third-order valence-corrected chi connectivity index (χ3v) is 11.4. The minimum Gasteiger partial charge on any atom is -0.436 e. The number of rotatable bonds is 5. The van der Waals surface area contributed by atoms with E-state index in [0.29, 0.717) is 5.89 Å². The van der Waals surface area contributed by atoms with Gasteiger partial charge in [0.25, 0.3) is 0 Å². The minimum atomic E-state index is 0.647. The average molecular weight is 651 g/mol. The number of anilines is 3. The Labute approximate surface area is 284 Å². The number of hydrogen-bond donors (Lipinski definition) is 0. The van der Waals surface area contributed by atoms with Crippen molar-refractivity contribution in [2.75, 3.05) is 4.90 Å². The molecule has 5 heteroatoms. The molecular weight excluding hydrogens is 625 g/mol. The first-order chi connectivity index (χ1) is 23.7. The van der Waals surface area contributed by atoms with E-state index in [1.165, 1.54) is 51.5 Å². The number of oxazole rings is 1. The Balaban J connectivity index is 1.17. The molecule has 0 N–H and O–H groups in total. The van der Waals surface area contributed by atoms with E-state index < -0.39 is 0 Å². The SMILES string of the molecule is c1ccc(-c2cccc(N(c3ccc4sc5ccccc5c4c3)c3ccc4sc5cc6oc(-c7ccccc7)nc6cc5c4c3)c2)cc1. The highest BCUT2D eigenvalue weighted by molar-refractivity contribution is 7.26. The molecule has 10 aromatic rings. The Kier molecular flexibility index (Phi) is 6.22. The fraction of sp³-hybridized carbons (Fsp3) is 0. The van der Waals surface area contributed by atoms with E-state index in [9.17, 15) is 0 Å². The standard InChI is InChI=1S/C43H26N2OS2/c1-3-10-27(11-4-1)29-14-9-15-30(22-29)45(31-18-20-40-34(23-31)33-16-7-8-17-39(33)47-40)32-19-21-41-35(24-32)36-25-37-38(26-42(36)48-41)46-43(44-37)28-12-5-2-6-13-28/h1-26H. The molecule has 0 atom stereocenters. The quantitative estimate of drug-likeness (QED) is 0.186. The van der Waals surface area contributed by atoms with Gasteiger partial charge in [-0.15, -0.1) is 22.7 Å². The molecule has 0 aliphatic heterocycles. The van der Waals surface area contributed by atoms with Crippen LogP contribution in [0.2, 0.25) is 0 Å². The van der Waals surface area contributed by atoms with E-state index in [2.05, 4.69) is 132 Å². The van der Waals surface area contributed by atoms with Crippen LogP contribution in [0.5, 0.6) is 0 Å². The molecule has 3 heterocycles. The monoisotopic (exact) mass is 650 g/mol. The van der Waals surface area contributed by atoms with E-state index >= 15 is 0 Å². The number of fused-ring (bicyclic) bond motifs is 7. The van der Waals surface area contributed by atoms with Gasteiger partial charge >= 0.3 is 0 Å². The summed E-state index contributed by atoms with van der Waals surface area (Å²) in [4.78, 5) is 7.28. The predicted octanol–water partition coefficient (Wildman–Crippen LogP) is 13.4. The summed E-state index contributed by atoms with van der Waals surface area (Å²) >= 11 is 3.64. The lowest BCUT2D eigenvalue weighted by atomic mass is 10.0. The normalized spacial score (nSPS) is 11.8. The highest BCUT2D eigenvalue weighted by Crippen LogP contribution is 2.44. The van der Waals surface area contributed by atoms with Gasteiger partial charge in [0.1, 0.15) is 5.52 Å². The third kappa shape index (κ3) is 4.51. The Morgan fingerprint density at radius 3 is 1.77 bits per heavy atom. The second-order valence-electron chi connectivity index (χ2n) is 12.0. The molecule has 0 saturated heterocycles. The van der Waals surface area contributed by atoms with Gasteiger partial charge in [0.15, 0.2) is 5.58 Å². The molecule has 0 radical (unpaired) electrons. The number of benzene rings is 7. The largest absolute Gasteiger partial charge is 0.436 e. The number of thiophene rings is 2. The van der Waals surface area contributed by atoms with Gasteiger partial charge in [-0.05, 0) is 83.9 Å². The van der Waals surface area contributed by atoms with Crippen LogP contribution in [-0.2, 0) is 0 Å². The fourth-order valence-corrected chi connectivity index (χ4v) is 8.97. The van der Waals surface area contributed by atoms with Gasteiger partial charge in [0, 0.05) is 69.0 Å². The van der Waals surface area contributed by atoms with Crippen molar-refractivity contribution in [3.8, 4) is 22.6 Å². The van der Waals surface area contributed by atoms with Crippen molar-refractivity contribution in [2.24, 2.45) is 0 Å². The van der Waals surface area contributed by atoms with Crippen molar-refractivity contribution < 1.29 is 4.42 Å². The maximum Gasteiger partial charge on any atom is 0.227 e. The molecule has 0 unspecified atom stereocenters. The van der Waals surface area contributed by atoms with Crippen molar-refractivity contribution in [1.82, 2.24) is 4.98 Å². The second-order valence-corrected chi connectivity index (χ2v) is 14.2. The predicted molar refractivity (Wildman–Crippen MR) is 205 cm³/mol. The van der Waals surface area contributed by atoms with Crippen LogP contribution in [0.1, 0.15) is 0 Å². The first-order valence-electron chi connectivity index (χ1n) is 15.9. The van der Waals surface area contributed by atoms with E-state index in [-0.39, 0.29) is 0 Å². The van der Waals surface area contributed by atoms with Crippen LogP contribution in [0, 0.1) is 0 Å². The zero-order valence-corrected chi connectivity index (χ0v) is 27.3. The summed E-state index contributed by atoms with van der Waals surface area (Å²) < 4.78 is 11.3. The summed E-state index contributed by atoms with van der Waals surface area (Å²) in [5.74, 6) is 0.647. The Bertz CT molecular complexity index is 2790. The van der Waals surface area contributed by atoms with Crippen LogP contribution in [0.15, 0.2) is 162 Å². The van der Waals surface area contributed by atoms with Gasteiger partial charge in [-0.2, -0.15) is 0 Å². The van der Waals surface area contributed by atoms with Crippen LogP contribution >= 0.6 is 22.7 Å². The fourth-order valence-electron chi connectivity index (χ4n) is 6.78. The van der Waals surface area contributed by atoms with Gasteiger partial charge in [-0.25, -0.2) is 4.98 Å². The summed E-state index contributed by atoms with van der Waals surface area (Å²) in [6, 6.07) is 56.3. The maximum atomic E-state index is 6.23. The molecule has 226 valence electrons. The van der Waals surface area contributed by atoms with Crippen LogP contribution in [-0.4, -0.2) is 4.98 Å². The average Bonchev–Trinajstić information content (AvgIpc) is 3.84. The zero-order chi connectivity index (χ0) is 31.6. The molecule has 3 aromatic heterocycles. The summed E-state index contributed by atoms with van der Waals surface area (Å²) in [6.45, 7) is 0. The first kappa shape index (κ1) is 27.4. The Hall–Kier alpha value is -5.75. The first-order valence-corrected chi connectivity index (χ1v) is 17.6. The van der Waals surface area contributed by atoms with Crippen molar-refractivity contribution in [3.63, 3.8) is 0 Å². The van der Waals surface area contributed by atoms with Crippen LogP contribution in [0.4, 0.5) is 17.1 Å². The van der Waals surface area contributed by atoms with E-state index in [0.717, 1.165) is 33.7 Å². The van der Waals surface area contributed by atoms with E-state index in [1.807, 2.05) is 41.7 Å². The summed E-state index contributed by atoms with van der Waals surface area (Å²) in [5, 5.41) is 4.98. The lowest BCUT2D eigenvalue weighted by molar-refractivity contribution is 0.620. The molecule has 0 saturated carbocycles. The van der Waals surface area contributed by atoms with E-state index in [1.54, 1.807) is 11.3 Å². The summed E-state index contributed by atoms with van der Waals surface area (Å²) in [5.41, 5.74) is 8.39. The molecule has 0 fully saturated rings.